The van der Waals surface area contributed by atoms with Gasteiger partial charge in [0, 0.05) is 19.0 Å². The number of aromatic nitrogens is 2. The summed E-state index contributed by atoms with van der Waals surface area (Å²) in [7, 11) is 0. The normalized spacial score (nSPS) is 10.3. The third-order valence-electron chi connectivity index (χ3n) is 3.19. The number of carbonyl (C=O) groups is 2. The highest BCUT2D eigenvalue weighted by molar-refractivity contribution is 5.91. The predicted molar refractivity (Wildman–Crippen MR) is 87.6 cm³/mol. The Kier molecular flexibility index (Phi) is 8.79. The molecule has 0 fully saturated rings. The van der Waals surface area contributed by atoms with E-state index in [9.17, 15) is 9.59 Å². The van der Waals surface area contributed by atoms with Crippen LogP contribution in [0.5, 0.6) is 0 Å². The Morgan fingerprint density at radius 2 is 1.55 bits per heavy atom. The zero-order chi connectivity index (χ0) is 16.2. The Hall–Kier alpha value is -1.98. The average Bonchev–Trinajstić information content (AvgIpc) is 2.48. The largest absolute Gasteiger partial charge is 0.311 e. The fourth-order valence-electron chi connectivity index (χ4n) is 1.95. The van der Waals surface area contributed by atoms with E-state index in [0.717, 1.165) is 38.5 Å². The van der Waals surface area contributed by atoms with E-state index in [1.54, 1.807) is 6.07 Å². The van der Waals surface area contributed by atoms with Gasteiger partial charge in [0.25, 0.3) is 0 Å². The monoisotopic (exact) mass is 306 g/mol. The zero-order valence-electron chi connectivity index (χ0n) is 13.5. The van der Waals surface area contributed by atoms with Crippen LogP contribution in [-0.2, 0) is 9.59 Å². The third kappa shape index (κ3) is 7.71. The maximum Gasteiger partial charge on any atom is 0.231 e. The molecule has 122 valence electrons. The van der Waals surface area contributed by atoms with Gasteiger partial charge in [-0.1, -0.05) is 39.5 Å². The fourth-order valence-corrected chi connectivity index (χ4v) is 1.95. The summed E-state index contributed by atoms with van der Waals surface area (Å²) in [5.74, 6) is 0.487. The van der Waals surface area contributed by atoms with Gasteiger partial charge in [-0.3, -0.25) is 14.9 Å². The minimum atomic E-state index is -0.0973. The van der Waals surface area contributed by atoms with Crippen molar-refractivity contribution in [3.8, 4) is 0 Å². The molecule has 0 unspecified atom stereocenters. The molecule has 1 aromatic heterocycles. The van der Waals surface area contributed by atoms with E-state index in [2.05, 4.69) is 34.4 Å². The average molecular weight is 306 g/mol. The second kappa shape index (κ2) is 10.7. The molecule has 1 rings (SSSR count). The second-order valence-electron chi connectivity index (χ2n) is 5.28. The standard InChI is InChI=1S/C16H26N4O2/c1-3-5-7-9-14(21)18-13-11-12-17-16(19-13)20-15(22)10-8-6-4-2/h11-12H,3-10H2,1-2H3,(H2,17,18,19,20,21,22). The lowest BCUT2D eigenvalue weighted by Gasteiger charge is -2.07. The van der Waals surface area contributed by atoms with E-state index in [0.29, 0.717) is 18.7 Å². The van der Waals surface area contributed by atoms with Gasteiger partial charge in [0.15, 0.2) is 0 Å². The molecule has 0 aromatic carbocycles. The summed E-state index contributed by atoms with van der Waals surface area (Å²) in [6.07, 6.45) is 8.42. The first kappa shape index (κ1) is 18.1. The highest BCUT2D eigenvalue weighted by atomic mass is 16.2. The molecule has 0 aliphatic heterocycles. The summed E-state index contributed by atoms with van der Waals surface area (Å²) in [6, 6.07) is 1.62. The van der Waals surface area contributed by atoms with Gasteiger partial charge in [-0.2, -0.15) is 4.98 Å². The zero-order valence-corrected chi connectivity index (χ0v) is 13.5. The summed E-state index contributed by atoms with van der Waals surface area (Å²) in [5, 5.41) is 5.38. The predicted octanol–water partition coefficient (Wildman–Crippen LogP) is 3.51. The number of nitrogens with zero attached hydrogens (tertiary/aromatic N) is 2. The van der Waals surface area contributed by atoms with Gasteiger partial charge in [-0.25, -0.2) is 4.98 Å². The maximum atomic E-state index is 11.7. The summed E-state index contributed by atoms with van der Waals surface area (Å²) >= 11 is 0. The molecule has 0 spiro atoms. The molecule has 6 heteroatoms. The van der Waals surface area contributed by atoms with Crippen molar-refractivity contribution in [1.29, 1.82) is 0 Å². The van der Waals surface area contributed by atoms with Crippen molar-refractivity contribution < 1.29 is 9.59 Å². The van der Waals surface area contributed by atoms with E-state index >= 15 is 0 Å². The minimum absolute atomic E-state index is 0.0626. The number of amides is 2. The number of rotatable bonds is 10. The molecule has 0 aliphatic carbocycles. The van der Waals surface area contributed by atoms with E-state index in [1.165, 1.54) is 6.20 Å². The van der Waals surface area contributed by atoms with Gasteiger partial charge in [0.2, 0.25) is 17.8 Å². The third-order valence-corrected chi connectivity index (χ3v) is 3.19. The Balaban J connectivity index is 2.44. The summed E-state index contributed by atoms with van der Waals surface area (Å²) in [5.41, 5.74) is 0. The van der Waals surface area contributed by atoms with Crippen molar-refractivity contribution in [2.45, 2.75) is 65.2 Å². The van der Waals surface area contributed by atoms with Crippen molar-refractivity contribution in [2.75, 3.05) is 10.6 Å². The van der Waals surface area contributed by atoms with Gasteiger partial charge >= 0.3 is 0 Å². The molecule has 6 nitrogen and oxygen atoms in total. The van der Waals surface area contributed by atoms with E-state index < -0.39 is 0 Å². The number of anilines is 2. The highest BCUT2D eigenvalue weighted by Crippen LogP contribution is 2.09. The van der Waals surface area contributed by atoms with E-state index in [4.69, 9.17) is 0 Å². The van der Waals surface area contributed by atoms with E-state index in [-0.39, 0.29) is 17.8 Å². The van der Waals surface area contributed by atoms with Crippen LogP contribution in [-0.4, -0.2) is 21.8 Å². The molecular weight excluding hydrogens is 280 g/mol. The number of nitrogens with one attached hydrogen (secondary N) is 2. The number of hydrogen-bond acceptors (Lipinski definition) is 4. The molecule has 22 heavy (non-hydrogen) atoms. The van der Waals surface area contributed by atoms with Crippen molar-refractivity contribution in [3.05, 3.63) is 12.3 Å². The van der Waals surface area contributed by atoms with Crippen molar-refractivity contribution in [2.24, 2.45) is 0 Å². The fraction of sp³-hybridized carbons (Fsp3) is 0.625. The molecule has 1 aromatic rings. The molecule has 2 amide bonds. The van der Waals surface area contributed by atoms with Gasteiger partial charge in [0.1, 0.15) is 5.82 Å². The quantitative estimate of drug-likeness (QED) is 0.648. The number of unbranched alkanes of at least 4 members (excludes halogenated alkanes) is 4. The first-order chi connectivity index (χ1) is 10.7. The number of carbonyl (C=O) groups excluding carboxylic acids is 2. The molecule has 0 atom stereocenters. The molecule has 1 heterocycles. The summed E-state index contributed by atoms with van der Waals surface area (Å²) in [4.78, 5) is 31.6. The summed E-state index contributed by atoms with van der Waals surface area (Å²) in [6.45, 7) is 4.19. The lowest BCUT2D eigenvalue weighted by Crippen LogP contribution is -2.16. The van der Waals surface area contributed by atoms with Crippen LogP contribution in [0.25, 0.3) is 0 Å². The first-order valence-electron chi connectivity index (χ1n) is 8.08. The molecule has 0 aliphatic rings. The molecule has 0 radical (unpaired) electrons. The van der Waals surface area contributed by atoms with Crippen LogP contribution in [0.2, 0.25) is 0 Å². The SMILES string of the molecule is CCCCCC(=O)Nc1ccnc(NC(=O)CCCCC)n1. The van der Waals surface area contributed by atoms with Crippen LogP contribution in [0.4, 0.5) is 11.8 Å². The second-order valence-corrected chi connectivity index (χ2v) is 5.28. The van der Waals surface area contributed by atoms with Gasteiger partial charge < -0.3 is 5.32 Å². The van der Waals surface area contributed by atoms with Crippen LogP contribution in [0.3, 0.4) is 0 Å². The molecule has 2 N–H and O–H groups in total. The van der Waals surface area contributed by atoms with Crippen molar-refractivity contribution in [3.63, 3.8) is 0 Å². The Morgan fingerprint density at radius 1 is 0.955 bits per heavy atom. The highest BCUT2D eigenvalue weighted by Gasteiger charge is 2.07. The van der Waals surface area contributed by atoms with Crippen LogP contribution < -0.4 is 10.6 Å². The van der Waals surface area contributed by atoms with Crippen LogP contribution in [0.15, 0.2) is 12.3 Å². The molecule has 0 bridgehead atoms. The lowest BCUT2D eigenvalue weighted by atomic mass is 10.2. The Labute approximate surface area is 132 Å². The van der Waals surface area contributed by atoms with Crippen LogP contribution in [0.1, 0.15) is 65.2 Å². The minimum Gasteiger partial charge on any atom is -0.311 e. The Bertz CT molecular complexity index is 438. The van der Waals surface area contributed by atoms with Crippen LogP contribution in [0, 0.1) is 0 Å². The van der Waals surface area contributed by atoms with E-state index in [1.807, 2.05) is 0 Å². The van der Waals surface area contributed by atoms with Crippen molar-refractivity contribution >= 4 is 23.6 Å². The van der Waals surface area contributed by atoms with Crippen LogP contribution >= 0.6 is 0 Å². The smallest absolute Gasteiger partial charge is 0.231 e. The molecular formula is C16H26N4O2. The van der Waals surface area contributed by atoms with Gasteiger partial charge in [-0.15, -0.1) is 0 Å². The topological polar surface area (TPSA) is 84.0 Å². The van der Waals surface area contributed by atoms with Gasteiger partial charge in [0.05, 0.1) is 0 Å². The lowest BCUT2D eigenvalue weighted by molar-refractivity contribution is -0.117. The maximum absolute atomic E-state index is 11.7. The van der Waals surface area contributed by atoms with Gasteiger partial charge in [-0.05, 0) is 18.9 Å². The van der Waals surface area contributed by atoms with Crippen molar-refractivity contribution in [1.82, 2.24) is 9.97 Å². The first-order valence-corrected chi connectivity index (χ1v) is 8.08. The summed E-state index contributed by atoms with van der Waals surface area (Å²) < 4.78 is 0. The molecule has 0 saturated heterocycles. The Morgan fingerprint density at radius 3 is 2.14 bits per heavy atom. The molecule has 0 saturated carbocycles. The number of hydrogen-bond donors (Lipinski definition) is 2.